The van der Waals surface area contributed by atoms with Crippen molar-refractivity contribution in [1.29, 1.82) is 0 Å². The first-order valence-corrected chi connectivity index (χ1v) is 7.85. The summed E-state index contributed by atoms with van der Waals surface area (Å²) >= 11 is 0. The van der Waals surface area contributed by atoms with E-state index < -0.39 is 8.07 Å². The normalized spacial score (nSPS) is 15.2. The molecule has 0 N–H and O–H groups in total. The van der Waals surface area contributed by atoms with Crippen molar-refractivity contribution in [1.82, 2.24) is 0 Å². The molecule has 0 aliphatic rings. The lowest BCUT2D eigenvalue weighted by Crippen LogP contribution is -2.43. The highest BCUT2D eigenvalue weighted by molar-refractivity contribution is 6.84. The Bertz CT molecular complexity index is 211. The van der Waals surface area contributed by atoms with Crippen LogP contribution in [0.25, 0.3) is 0 Å². The second-order valence-corrected chi connectivity index (χ2v) is 10.9. The molecule has 0 saturated heterocycles. The monoisotopic (exact) mass is 198 g/mol. The molecule has 0 aromatic carbocycles. The summed E-state index contributed by atoms with van der Waals surface area (Å²) in [5, 5.41) is 0.248. The zero-order valence-electron chi connectivity index (χ0n) is 9.77. The zero-order chi connectivity index (χ0) is 10.9. The molecule has 2 heteroatoms. The number of carbonyl (C=O) groups is 1. The maximum atomic E-state index is 11.4. The van der Waals surface area contributed by atoms with Crippen molar-refractivity contribution in [2.75, 3.05) is 0 Å². The maximum Gasteiger partial charge on any atom is 0.133 e. The molecule has 0 aliphatic carbocycles. The first kappa shape index (κ1) is 12.6. The van der Waals surface area contributed by atoms with Crippen LogP contribution in [0.15, 0.2) is 12.7 Å². The van der Waals surface area contributed by atoms with E-state index in [1.54, 1.807) is 6.92 Å². The van der Waals surface area contributed by atoms with Crippen molar-refractivity contribution < 1.29 is 4.79 Å². The molecule has 0 heterocycles. The summed E-state index contributed by atoms with van der Waals surface area (Å²) in [7, 11) is -1.57. The second-order valence-electron chi connectivity index (χ2n) is 5.30. The van der Waals surface area contributed by atoms with Crippen LogP contribution in [0.5, 0.6) is 0 Å². The minimum atomic E-state index is -1.57. The highest BCUT2D eigenvalue weighted by atomic mass is 28.3. The van der Waals surface area contributed by atoms with Gasteiger partial charge in [-0.1, -0.05) is 39.9 Å². The van der Waals surface area contributed by atoms with Gasteiger partial charge in [0, 0.05) is 5.54 Å². The summed E-state index contributed by atoms with van der Waals surface area (Å²) in [6.07, 6.45) is 1.83. The van der Waals surface area contributed by atoms with Crippen LogP contribution in [0.1, 0.15) is 27.7 Å². The van der Waals surface area contributed by atoms with E-state index in [0.29, 0.717) is 0 Å². The Morgan fingerprint density at radius 1 is 1.38 bits per heavy atom. The van der Waals surface area contributed by atoms with Crippen molar-refractivity contribution >= 4 is 13.9 Å². The van der Waals surface area contributed by atoms with Crippen LogP contribution in [0.3, 0.4) is 0 Å². The first-order chi connectivity index (χ1) is 5.64. The van der Waals surface area contributed by atoms with Crippen molar-refractivity contribution in [3.63, 3.8) is 0 Å². The van der Waals surface area contributed by atoms with E-state index in [9.17, 15) is 4.79 Å². The van der Waals surface area contributed by atoms with Crippen LogP contribution in [0, 0.1) is 0 Å². The second kappa shape index (κ2) is 3.78. The summed E-state index contributed by atoms with van der Waals surface area (Å²) in [6, 6.07) is 0. The zero-order valence-corrected chi connectivity index (χ0v) is 10.8. The van der Waals surface area contributed by atoms with Crippen molar-refractivity contribution in [3.05, 3.63) is 12.7 Å². The molecule has 0 aromatic rings. The van der Waals surface area contributed by atoms with Gasteiger partial charge in [0.2, 0.25) is 0 Å². The lowest BCUT2D eigenvalue weighted by atomic mass is 10.2. The quantitative estimate of drug-likeness (QED) is 0.500. The minimum Gasteiger partial charge on any atom is -0.300 e. The molecule has 0 radical (unpaired) electrons. The molecule has 0 spiro atoms. The van der Waals surface area contributed by atoms with Crippen LogP contribution >= 0.6 is 0 Å². The highest BCUT2D eigenvalue weighted by Gasteiger charge is 2.42. The highest BCUT2D eigenvalue weighted by Crippen LogP contribution is 2.44. The number of hydrogen-bond acceptors (Lipinski definition) is 1. The van der Waals surface area contributed by atoms with E-state index in [2.05, 4.69) is 40.4 Å². The predicted octanol–water partition coefficient (Wildman–Crippen LogP) is 3.64. The van der Waals surface area contributed by atoms with Crippen molar-refractivity contribution in [3.8, 4) is 0 Å². The molecular formula is C11H22OSi. The van der Waals surface area contributed by atoms with Crippen LogP contribution in [-0.4, -0.2) is 13.9 Å². The third-order valence-corrected chi connectivity index (χ3v) is 9.45. The van der Waals surface area contributed by atoms with Gasteiger partial charge >= 0.3 is 0 Å². The smallest absolute Gasteiger partial charge is 0.133 e. The summed E-state index contributed by atoms with van der Waals surface area (Å²) < 4.78 is 0. The first-order valence-electron chi connectivity index (χ1n) is 4.77. The summed E-state index contributed by atoms with van der Waals surface area (Å²) in [4.78, 5) is 11.4. The molecule has 0 saturated carbocycles. The fraction of sp³-hybridized carbons (Fsp3) is 0.727. The SMILES string of the molecule is C=CC(C(C)=O)[Si](C)(C)C(C)(C)C. The van der Waals surface area contributed by atoms with E-state index in [4.69, 9.17) is 0 Å². The summed E-state index contributed by atoms with van der Waals surface area (Å²) in [5.41, 5.74) is 0.0903. The fourth-order valence-electron chi connectivity index (χ4n) is 1.44. The minimum absolute atomic E-state index is 0.0903. The van der Waals surface area contributed by atoms with Gasteiger partial charge in [-0.25, -0.2) is 0 Å². The molecule has 1 nitrogen and oxygen atoms in total. The van der Waals surface area contributed by atoms with Gasteiger partial charge in [0.05, 0.1) is 8.07 Å². The number of carbonyl (C=O) groups excluding carboxylic acids is 1. The summed E-state index contributed by atoms with van der Waals surface area (Å²) in [5.74, 6) is 0.265. The van der Waals surface area contributed by atoms with Crippen LogP contribution < -0.4 is 0 Å². The molecular weight excluding hydrogens is 176 g/mol. The van der Waals surface area contributed by atoms with Crippen LogP contribution in [0.2, 0.25) is 23.7 Å². The number of hydrogen-bond donors (Lipinski definition) is 0. The number of Topliss-reactive ketones (excluding diaryl/α,β-unsaturated/α-hetero) is 1. The Balaban J connectivity index is 5.00. The number of rotatable bonds is 3. The van der Waals surface area contributed by atoms with Gasteiger partial charge in [-0.2, -0.15) is 0 Å². The Morgan fingerprint density at radius 2 is 1.77 bits per heavy atom. The maximum absolute atomic E-state index is 11.4. The van der Waals surface area contributed by atoms with Gasteiger partial charge < -0.3 is 0 Å². The van der Waals surface area contributed by atoms with Gasteiger partial charge in [-0.05, 0) is 12.0 Å². The van der Waals surface area contributed by atoms with E-state index in [1.165, 1.54) is 0 Å². The topological polar surface area (TPSA) is 17.1 Å². The molecule has 1 atom stereocenters. The van der Waals surface area contributed by atoms with Crippen LogP contribution in [0.4, 0.5) is 0 Å². The molecule has 76 valence electrons. The third kappa shape index (κ3) is 2.53. The lowest BCUT2D eigenvalue weighted by molar-refractivity contribution is -0.116. The van der Waals surface area contributed by atoms with Gasteiger partial charge in [0.15, 0.2) is 0 Å². The summed E-state index contributed by atoms with van der Waals surface area (Å²) in [6.45, 7) is 16.6. The Labute approximate surface area is 83.2 Å². The Hall–Kier alpha value is -0.373. The average molecular weight is 198 g/mol. The van der Waals surface area contributed by atoms with E-state index >= 15 is 0 Å². The molecule has 0 amide bonds. The molecule has 13 heavy (non-hydrogen) atoms. The van der Waals surface area contributed by atoms with Gasteiger partial charge in [0.25, 0.3) is 0 Å². The van der Waals surface area contributed by atoms with Gasteiger partial charge in [-0.3, -0.25) is 4.79 Å². The molecule has 0 aliphatic heterocycles. The third-order valence-electron chi connectivity index (χ3n) is 3.38. The fourth-order valence-corrected chi connectivity index (χ4v) is 3.97. The predicted molar refractivity (Wildman–Crippen MR) is 61.8 cm³/mol. The largest absolute Gasteiger partial charge is 0.300 e. The van der Waals surface area contributed by atoms with Gasteiger partial charge in [0.1, 0.15) is 5.78 Å². The molecule has 0 bridgehead atoms. The standard InChI is InChI=1S/C11H22OSi/c1-8-10(9(2)12)13(6,7)11(3,4)5/h8,10H,1H2,2-7H3. The lowest BCUT2D eigenvalue weighted by Gasteiger charge is -2.41. The van der Waals surface area contributed by atoms with E-state index in [1.807, 2.05) is 6.08 Å². The molecule has 1 unspecified atom stereocenters. The average Bonchev–Trinajstić information content (AvgIpc) is 1.83. The van der Waals surface area contributed by atoms with Crippen molar-refractivity contribution in [2.24, 2.45) is 0 Å². The van der Waals surface area contributed by atoms with Crippen LogP contribution in [-0.2, 0) is 4.79 Å². The van der Waals surface area contributed by atoms with Gasteiger partial charge in [-0.15, -0.1) is 6.58 Å². The molecule has 0 aromatic heterocycles. The Morgan fingerprint density at radius 3 is 1.85 bits per heavy atom. The van der Waals surface area contributed by atoms with Crippen molar-refractivity contribution in [2.45, 2.75) is 51.4 Å². The molecule has 0 rings (SSSR count). The number of allylic oxidation sites excluding steroid dienone is 1. The van der Waals surface area contributed by atoms with E-state index in [0.717, 1.165) is 0 Å². The Kier molecular flexibility index (Phi) is 3.68. The molecule has 0 fully saturated rings. The van der Waals surface area contributed by atoms with E-state index in [-0.39, 0.29) is 16.4 Å². The number of ketones is 1.